The highest BCUT2D eigenvalue weighted by Crippen LogP contribution is 2.09. The number of carbonyl (C=O) groups is 2. The molecule has 1 atom stereocenters. The molecule has 112 valence electrons. The SMILES string of the molecule is CCCCCCCC(=O)N[C@@H](C)C(=O)OC(C)(C)C. The zero-order valence-electron chi connectivity index (χ0n) is 13.0. The maximum absolute atomic E-state index is 11.7. The van der Waals surface area contributed by atoms with Crippen molar-refractivity contribution in [2.24, 2.45) is 0 Å². The van der Waals surface area contributed by atoms with Crippen molar-refractivity contribution in [3.05, 3.63) is 0 Å². The average molecular weight is 271 g/mol. The first-order valence-electron chi connectivity index (χ1n) is 7.28. The van der Waals surface area contributed by atoms with Gasteiger partial charge in [-0.3, -0.25) is 4.79 Å². The molecule has 0 bridgehead atoms. The van der Waals surface area contributed by atoms with E-state index in [1.54, 1.807) is 6.92 Å². The summed E-state index contributed by atoms with van der Waals surface area (Å²) in [5, 5.41) is 2.68. The topological polar surface area (TPSA) is 55.4 Å². The Morgan fingerprint density at radius 1 is 1.11 bits per heavy atom. The summed E-state index contributed by atoms with van der Waals surface area (Å²) >= 11 is 0. The number of ether oxygens (including phenoxy) is 1. The predicted octanol–water partition coefficient (Wildman–Crippen LogP) is 3.19. The number of carbonyl (C=O) groups excluding carboxylic acids is 2. The maximum Gasteiger partial charge on any atom is 0.328 e. The molecule has 0 aromatic rings. The van der Waals surface area contributed by atoms with Crippen molar-refractivity contribution in [3.63, 3.8) is 0 Å². The standard InChI is InChI=1S/C15H29NO3/c1-6-7-8-9-10-11-13(17)16-12(2)14(18)19-15(3,4)5/h12H,6-11H2,1-5H3,(H,16,17)/t12-/m0/s1. The Morgan fingerprint density at radius 3 is 2.21 bits per heavy atom. The molecule has 0 saturated heterocycles. The van der Waals surface area contributed by atoms with Gasteiger partial charge < -0.3 is 10.1 Å². The van der Waals surface area contributed by atoms with Crippen LogP contribution in [0.3, 0.4) is 0 Å². The van der Waals surface area contributed by atoms with Gasteiger partial charge in [-0.1, -0.05) is 32.6 Å². The lowest BCUT2D eigenvalue weighted by Crippen LogP contribution is -2.42. The molecule has 0 aliphatic heterocycles. The fraction of sp³-hybridized carbons (Fsp3) is 0.867. The van der Waals surface area contributed by atoms with Crippen molar-refractivity contribution in [2.45, 2.75) is 84.8 Å². The van der Waals surface area contributed by atoms with Crippen molar-refractivity contribution in [2.75, 3.05) is 0 Å². The first-order valence-corrected chi connectivity index (χ1v) is 7.28. The summed E-state index contributed by atoms with van der Waals surface area (Å²) in [6.07, 6.45) is 6.02. The van der Waals surface area contributed by atoms with Crippen LogP contribution < -0.4 is 5.32 Å². The lowest BCUT2D eigenvalue weighted by Gasteiger charge is -2.22. The molecule has 0 rings (SSSR count). The zero-order chi connectivity index (χ0) is 14.9. The van der Waals surface area contributed by atoms with Crippen molar-refractivity contribution in [1.82, 2.24) is 5.32 Å². The van der Waals surface area contributed by atoms with E-state index in [0.717, 1.165) is 12.8 Å². The first-order chi connectivity index (χ1) is 8.76. The van der Waals surface area contributed by atoms with E-state index < -0.39 is 11.6 Å². The van der Waals surface area contributed by atoms with Gasteiger partial charge in [0.15, 0.2) is 0 Å². The Hall–Kier alpha value is -1.06. The summed E-state index contributed by atoms with van der Waals surface area (Å²) in [5.74, 6) is -0.457. The van der Waals surface area contributed by atoms with Crippen LogP contribution in [-0.4, -0.2) is 23.5 Å². The van der Waals surface area contributed by atoms with E-state index in [1.807, 2.05) is 20.8 Å². The molecule has 0 radical (unpaired) electrons. The van der Waals surface area contributed by atoms with Crippen LogP contribution in [0, 0.1) is 0 Å². The molecule has 0 saturated carbocycles. The van der Waals surface area contributed by atoms with Gasteiger partial charge in [0, 0.05) is 6.42 Å². The second-order valence-electron chi connectivity index (χ2n) is 5.99. The summed E-state index contributed by atoms with van der Waals surface area (Å²) in [6, 6.07) is -0.581. The van der Waals surface area contributed by atoms with Gasteiger partial charge in [-0.15, -0.1) is 0 Å². The minimum atomic E-state index is -0.581. The van der Waals surface area contributed by atoms with Gasteiger partial charge >= 0.3 is 5.97 Å². The Labute approximate surface area is 117 Å². The van der Waals surface area contributed by atoms with E-state index >= 15 is 0 Å². The number of unbranched alkanes of at least 4 members (excludes halogenated alkanes) is 4. The van der Waals surface area contributed by atoms with E-state index in [2.05, 4.69) is 12.2 Å². The molecule has 0 heterocycles. The van der Waals surface area contributed by atoms with Crippen molar-refractivity contribution < 1.29 is 14.3 Å². The lowest BCUT2D eigenvalue weighted by molar-refractivity contribution is -0.158. The second kappa shape index (κ2) is 8.94. The Morgan fingerprint density at radius 2 is 1.68 bits per heavy atom. The fourth-order valence-electron chi connectivity index (χ4n) is 1.65. The van der Waals surface area contributed by atoms with Crippen molar-refractivity contribution >= 4 is 11.9 Å². The van der Waals surface area contributed by atoms with Crippen molar-refractivity contribution in [3.8, 4) is 0 Å². The highest BCUT2D eigenvalue weighted by atomic mass is 16.6. The molecule has 0 aliphatic rings. The third-order valence-electron chi connectivity index (χ3n) is 2.65. The Balaban J connectivity index is 3.83. The second-order valence-corrected chi connectivity index (χ2v) is 5.99. The minimum Gasteiger partial charge on any atom is -0.458 e. The van der Waals surface area contributed by atoms with E-state index in [0.29, 0.717) is 6.42 Å². The summed E-state index contributed by atoms with van der Waals surface area (Å²) in [4.78, 5) is 23.3. The number of esters is 1. The van der Waals surface area contributed by atoms with Gasteiger partial charge in [-0.05, 0) is 34.1 Å². The maximum atomic E-state index is 11.7. The number of hydrogen-bond acceptors (Lipinski definition) is 3. The average Bonchev–Trinajstić information content (AvgIpc) is 2.26. The molecule has 4 nitrogen and oxygen atoms in total. The molecule has 0 fully saturated rings. The third kappa shape index (κ3) is 10.5. The van der Waals surface area contributed by atoms with Crippen LogP contribution in [0.1, 0.15) is 73.1 Å². The lowest BCUT2D eigenvalue weighted by atomic mass is 10.1. The van der Waals surface area contributed by atoms with Gasteiger partial charge in [0.1, 0.15) is 11.6 Å². The first kappa shape index (κ1) is 17.9. The normalized spacial score (nSPS) is 12.9. The molecule has 19 heavy (non-hydrogen) atoms. The van der Waals surface area contributed by atoms with Crippen LogP contribution in [0.5, 0.6) is 0 Å². The minimum absolute atomic E-state index is 0.0742. The Kier molecular flexibility index (Phi) is 8.44. The van der Waals surface area contributed by atoms with Gasteiger partial charge in [-0.2, -0.15) is 0 Å². The summed E-state index contributed by atoms with van der Waals surface area (Å²) in [6.45, 7) is 9.26. The summed E-state index contributed by atoms with van der Waals surface area (Å²) in [7, 11) is 0. The van der Waals surface area contributed by atoms with Gasteiger partial charge in [0.2, 0.25) is 5.91 Å². The largest absolute Gasteiger partial charge is 0.458 e. The molecule has 0 aliphatic carbocycles. The van der Waals surface area contributed by atoms with E-state index in [4.69, 9.17) is 4.74 Å². The molecule has 0 aromatic carbocycles. The van der Waals surface area contributed by atoms with E-state index in [-0.39, 0.29) is 11.9 Å². The fourth-order valence-corrected chi connectivity index (χ4v) is 1.65. The van der Waals surface area contributed by atoms with Crippen LogP contribution in [0.4, 0.5) is 0 Å². The summed E-state index contributed by atoms with van der Waals surface area (Å²) in [5.41, 5.74) is -0.518. The van der Waals surface area contributed by atoms with E-state index in [1.165, 1.54) is 19.3 Å². The number of rotatable bonds is 8. The van der Waals surface area contributed by atoms with Gasteiger partial charge in [-0.25, -0.2) is 4.79 Å². The van der Waals surface area contributed by atoms with Crippen molar-refractivity contribution in [1.29, 1.82) is 0 Å². The monoisotopic (exact) mass is 271 g/mol. The predicted molar refractivity (Wildman–Crippen MR) is 76.8 cm³/mol. The van der Waals surface area contributed by atoms with Crippen LogP contribution >= 0.6 is 0 Å². The Bertz CT molecular complexity index is 282. The molecule has 1 N–H and O–H groups in total. The molecule has 1 amide bonds. The van der Waals surface area contributed by atoms with Gasteiger partial charge in [0.25, 0.3) is 0 Å². The van der Waals surface area contributed by atoms with E-state index in [9.17, 15) is 9.59 Å². The smallest absolute Gasteiger partial charge is 0.328 e. The van der Waals surface area contributed by atoms with Gasteiger partial charge in [0.05, 0.1) is 0 Å². The molecule has 0 aromatic heterocycles. The summed E-state index contributed by atoms with van der Waals surface area (Å²) < 4.78 is 5.20. The molecular formula is C15H29NO3. The molecule has 0 unspecified atom stereocenters. The highest BCUT2D eigenvalue weighted by molar-refractivity contribution is 5.84. The highest BCUT2D eigenvalue weighted by Gasteiger charge is 2.22. The third-order valence-corrected chi connectivity index (χ3v) is 2.65. The molecule has 4 heteroatoms. The van der Waals surface area contributed by atoms with Crippen LogP contribution in [0.2, 0.25) is 0 Å². The molecule has 0 spiro atoms. The number of amides is 1. The van der Waals surface area contributed by atoms with Crippen LogP contribution in [-0.2, 0) is 14.3 Å². The number of nitrogens with one attached hydrogen (secondary N) is 1. The number of hydrogen-bond donors (Lipinski definition) is 1. The quantitative estimate of drug-likeness (QED) is 0.545. The van der Waals surface area contributed by atoms with Crippen LogP contribution in [0.25, 0.3) is 0 Å². The zero-order valence-corrected chi connectivity index (χ0v) is 13.0. The van der Waals surface area contributed by atoms with Crippen LogP contribution in [0.15, 0.2) is 0 Å². The molecular weight excluding hydrogens is 242 g/mol.